The molecule has 1 unspecified atom stereocenters. The number of nitrogens with one attached hydrogen (secondary N) is 1. The molecule has 100 valence electrons. The minimum absolute atomic E-state index is 0.338. The standard InChI is InChI=1S/C14H23N3O/c1-5-18-13-9-12(15-10(2)16-13)17-11-7-6-8-14(11,3)4/h9,11H,5-8H2,1-4H3,(H,15,16,17). The van der Waals surface area contributed by atoms with Crippen LogP contribution in [0.25, 0.3) is 0 Å². The van der Waals surface area contributed by atoms with Gasteiger partial charge in [0.05, 0.1) is 6.61 Å². The topological polar surface area (TPSA) is 47.0 Å². The van der Waals surface area contributed by atoms with E-state index >= 15 is 0 Å². The molecule has 0 amide bonds. The van der Waals surface area contributed by atoms with Gasteiger partial charge in [0.2, 0.25) is 5.88 Å². The molecule has 1 atom stereocenters. The van der Waals surface area contributed by atoms with Gasteiger partial charge in [0.15, 0.2) is 0 Å². The van der Waals surface area contributed by atoms with Crippen molar-refractivity contribution in [2.24, 2.45) is 5.41 Å². The number of aryl methyl sites for hydroxylation is 1. The molecule has 0 radical (unpaired) electrons. The van der Waals surface area contributed by atoms with E-state index in [1.165, 1.54) is 19.3 Å². The molecule has 1 saturated carbocycles. The first-order valence-corrected chi connectivity index (χ1v) is 6.76. The van der Waals surface area contributed by atoms with E-state index in [1.54, 1.807) is 0 Å². The van der Waals surface area contributed by atoms with Gasteiger partial charge in [0.25, 0.3) is 0 Å². The Kier molecular flexibility index (Phi) is 3.73. The van der Waals surface area contributed by atoms with Gasteiger partial charge in [0, 0.05) is 12.1 Å². The van der Waals surface area contributed by atoms with Gasteiger partial charge in [-0.1, -0.05) is 20.3 Å². The first kappa shape index (κ1) is 13.1. The van der Waals surface area contributed by atoms with Crippen LogP contribution in [0.4, 0.5) is 5.82 Å². The molecule has 1 heterocycles. The van der Waals surface area contributed by atoms with E-state index in [2.05, 4.69) is 29.1 Å². The number of hydrogen-bond acceptors (Lipinski definition) is 4. The SMILES string of the molecule is CCOc1cc(NC2CCCC2(C)C)nc(C)n1. The number of aromatic nitrogens is 2. The molecule has 18 heavy (non-hydrogen) atoms. The van der Waals surface area contributed by atoms with E-state index in [0.29, 0.717) is 23.9 Å². The van der Waals surface area contributed by atoms with E-state index in [-0.39, 0.29) is 0 Å². The Morgan fingerprint density at radius 1 is 1.44 bits per heavy atom. The zero-order valence-corrected chi connectivity index (χ0v) is 11.8. The number of hydrogen-bond donors (Lipinski definition) is 1. The highest BCUT2D eigenvalue weighted by atomic mass is 16.5. The lowest BCUT2D eigenvalue weighted by molar-refractivity contribution is 0.324. The van der Waals surface area contributed by atoms with Crippen LogP contribution in [0.5, 0.6) is 5.88 Å². The molecule has 1 fully saturated rings. The maximum atomic E-state index is 5.45. The van der Waals surface area contributed by atoms with E-state index < -0.39 is 0 Å². The van der Waals surface area contributed by atoms with E-state index in [1.807, 2.05) is 19.9 Å². The lowest BCUT2D eigenvalue weighted by Crippen LogP contribution is -2.31. The van der Waals surface area contributed by atoms with Crippen molar-refractivity contribution in [1.82, 2.24) is 9.97 Å². The van der Waals surface area contributed by atoms with Gasteiger partial charge in [-0.3, -0.25) is 0 Å². The van der Waals surface area contributed by atoms with Gasteiger partial charge in [-0.05, 0) is 32.1 Å². The third-order valence-electron chi connectivity index (χ3n) is 3.69. The summed E-state index contributed by atoms with van der Waals surface area (Å²) in [6.07, 6.45) is 3.76. The second-order valence-electron chi connectivity index (χ2n) is 5.65. The summed E-state index contributed by atoms with van der Waals surface area (Å²) in [6.45, 7) is 9.12. The van der Waals surface area contributed by atoms with Crippen LogP contribution in [0.3, 0.4) is 0 Å². The Labute approximate surface area is 109 Å². The van der Waals surface area contributed by atoms with E-state index in [0.717, 1.165) is 11.6 Å². The Morgan fingerprint density at radius 3 is 2.83 bits per heavy atom. The molecule has 0 spiro atoms. The molecule has 0 aliphatic heterocycles. The number of ether oxygens (including phenoxy) is 1. The summed E-state index contributed by atoms with van der Waals surface area (Å²) in [6, 6.07) is 2.38. The van der Waals surface area contributed by atoms with E-state index in [9.17, 15) is 0 Å². The molecule has 0 aromatic carbocycles. The Morgan fingerprint density at radius 2 is 2.22 bits per heavy atom. The van der Waals surface area contributed by atoms with Crippen LogP contribution in [-0.4, -0.2) is 22.6 Å². The van der Waals surface area contributed by atoms with Crippen molar-refractivity contribution in [2.45, 2.75) is 53.0 Å². The third kappa shape index (κ3) is 2.92. The largest absolute Gasteiger partial charge is 0.478 e. The number of anilines is 1. The van der Waals surface area contributed by atoms with Crippen LogP contribution < -0.4 is 10.1 Å². The number of rotatable bonds is 4. The maximum Gasteiger partial charge on any atom is 0.218 e. The molecular weight excluding hydrogens is 226 g/mol. The van der Waals surface area contributed by atoms with Crippen LogP contribution in [0.1, 0.15) is 45.9 Å². The zero-order chi connectivity index (χ0) is 13.2. The lowest BCUT2D eigenvalue weighted by atomic mass is 9.87. The van der Waals surface area contributed by atoms with Crippen molar-refractivity contribution in [1.29, 1.82) is 0 Å². The molecule has 1 aliphatic rings. The summed E-state index contributed by atoms with van der Waals surface area (Å²) in [5.41, 5.74) is 0.338. The molecule has 2 rings (SSSR count). The van der Waals surface area contributed by atoms with Crippen LogP contribution >= 0.6 is 0 Å². The molecule has 1 aromatic rings. The third-order valence-corrected chi connectivity index (χ3v) is 3.69. The summed E-state index contributed by atoms with van der Waals surface area (Å²) in [7, 11) is 0. The van der Waals surface area contributed by atoms with Crippen molar-refractivity contribution < 1.29 is 4.74 Å². The highest BCUT2D eigenvalue weighted by molar-refractivity contribution is 5.40. The minimum atomic E-state index is 0.338. The van der Waals surface area contributed by atoms with Crippen LogP contribution in [0, 0.1) is 12.3 Å². The summed E-state index contributed by atoms with van der Waals surface area (Å²) in [5, 5.41) is 3.54. The van der Waals surface area contributed by atoms with Crippen LogP contribution in [0.15, 0.2) is 6.07 Å². The monoisotopic (exact) mass is 249 g/mol. The van der Waals surface area contributed by atoms with Crippen molar-refractivity contribution >= 4 is 5.82 Å². The number of nitrogens with zero attached hydrogens (tertiary/aromatic N) is 2. The second kappa shape index (κ2) is 5.12. The summed E-state index contributed by atoms with van der Waals surface area (Å²) in [5.74, 6) is 2.29. The molecule has 4 nitrogen and oxygen atoms in total. The second-order valence-corrected chi connectivity index (χ2v) is 5.65. The predicted molar refractivity (Wildman–Crippen MR) is 73.0 cm³/mol. The van der Waals surface area contributed by atoms with Crippen molar-refractivity contribution in [2.75, 3.05) is 11.9 Å². The smallest absolute Gasteiger partial charge is 0.218 e. The van der Waals surface area contributed by atoms with Crippen molar-refractivity contribution in [3.05, 3.63) is 11.9 Å². The summed E-state index contributed by atoms with van der Waals surface area (Å²) < 4.78 is 5.45. The minimum Gasteiger partial charge on any atom is -0.478 e. The molecule has 0 saturated heterocycles. The normalized spacial score (nSPS) is 21.9. The first-order valence-electron chi connectivity index (χ1n) is 6.76. The van der Waals surface area contributed by atoms with Crippen molar-refractivity contribution in [3.8, 4) is 5.88 Å². The predicted octanol–water partition coefficient (Wildman–Crippen LogP) is 3.17. The quantitative estimate of drug-likeness (QED) is 0.890. The average Bonchev–Trinajstić information content (AvgIpc) is 2.58. The van der Waals surface area contributed by atoms with Crippen LogP contribution in [-0.2, 0) is 0 Å². The molecule has 1 N–H and O–H groups in total. The molecular formula is C14H23N3O. The molecule has 1 aromatic heterocycles. The fraction of sp³-hybridized carbons (Fsp3) is 0.714. The van der Waals surface area contributed by atoms with Crippen molar-refractivity contribution in [3.63, 3.8) is 0 Å². The molecule has 0 bridgehead atoms. The Balaban J connectivity index is 2.13. The van der Waals surface area contributed by atoms with Gasteiger partial charge < -0.3 is 10.1 Å². The zero-order valence-electron chi connectivity index (χ0n) is 11.8. The lowest BCUT2D eigenvalue weighted by Gasteiger charge is -2.28. The van der Waals surface area contributed by atoms with Gasteiger partial charge in [0.1, 0.15) is 11.6 Å². The maximum absolute atomic E-state index is 5.45. The van der Waals surface area contributed by atoms with Gasteiger partial charge >= 0.3 is 0 Å². The molecule has 1 aliphatic carbocycles. The first-order chi connectivity index (χ1) is 8.51. The fourth-order valence-corrected chi connectivity index (χ4v) is 2.61. The Bertz CT molecular complexity index is 418. The van der Waals surface area contributed by atoms with Gasteiger partial charge in [-0.25, -0.2) is 4.98 Å². The molecule has 4 heteroatoms. The summed E-state index contributed by atoms with van der Waals surface area (Å²) in [4.78, 5) is 8.70. The average molecular weight is 249 g/mol. The van der Waals surface area contributed by atoms with E-state index in [4.69, 9.17) is 4.74 Å². The highest BCUT2D eigenvalue weighted by Crippen LogP contribution is 2.38. The van der Waals surface area contributed by atoms with Gasteiger partial charge in [-0.2, -0.15) is 4.98 Å². The highest BCUT2D eigenvalue weighted by Gasteiger charge is 2.34. The van der Waals surface area contributed by atoms with Crippen LogP contribution in [0.2, 0.25) is 0 Å². The summed E-state index contributed by atoms with van der Waals surface area (Å²) >= 11 is 0. The Hall–Kier alpha value is -1.32. The fourth-order valence-electron chi connectivity index (χ4n) is 2.61. The van der Waals surface area contributed by atoms with Gasteiger partial charge in [-0.15, -0.1) is 0 Å².